The topological polar surface area (TPSA) is 34.1 Å². The fraction of sp³-hybridized carbons (Fsp3) is 0.278. The fourth-order valence-corrected chi connectivity index (χ4v) is 2.82. The van der Waals surface area contributed by atoms with Crippen molar-refractivity contribution in [2.45, 2.75) is 34.1 Å². The normalized spacial score (nSPS) is 9.90. The zero-order valence-electron chi connectivity index (χ0n) is 13.0. The maximum absolute atomic E-state index is 10.3. The number of benzene rings is 2. The largest absolute Gasteiger partial charge is 0.298 e. The third kappa shape index (κ3) is 4.91. The second-order valence-corrected chi connectivity index (χ2v) is 5.66. The maximum atomic E-state index is 10.3. The highest BCUT2D eigenvalue weighted by atomic mass is 31.1. The molecular formula is C18H21O2P. The van der Waals surface area contributed by atoms with Gasteiger partial charge in [0.2, 0.25) is 0 Å². The first-order chi connectivity index (χ1) is 10.0. The first-order valence-electron chi connectivity index (χ1n) is 6.97. The summed E-state index contributed by atoms with van der Waals surface area (Å²) in [5, 5.41) is 0.539. The van der Waals surface area contributed by atoms with Gasteiger partial charge in [0, 0.05) is 5.56 Å². The van der Waals surface area contributed by atoms with Crippen molar-refractivity contribution in [3.05, 3.63) is 64.2 Å². The van der Waals surface area contributed by atoms with Crippen LogP contribution in [0.4, 0.5) is 0 Å². The van der Waals surface area contributed by atoms with Crippen LogP contribution in [0, 0.1) is 20.8 Å². The summed E-state index contributed by atoms with van der Waals surface area (Å²) < 4.78 is 10.3. The van der Waals surface area contributed by atoms with E-state index < -0.39 is 0 Å². The molecule has 2 rings (SSSR count). The molecular weight excluding hydrogens is 279 g/mol. The molecule has 0 amide bonds. The van der Waals surface area contributed by atoms with E-state index in [0.717, 1.165) is 6.42 Å². The SMILES string of the molecule is CCc1c(C)cc(C)cc1C.O=Cc1ccccc1P=O. The smallest absolute Gasteiger partial charge is 0.193 e. The van der Waals surface area contributed by atoms with Gasteiger partial charge in [-0.05, 0) is 49.9 Å². The van der Waals surface area contributed by atoms with Gasteiger partial charge in [0.05, 0.1) is 5.30 Å². The zero-order valence-corrected chi connectivity index (χ0v) is 13.9. The second-order valence-electron chi connectivity index (χ2n) is 5.00. The Morgan fingerprint density at radius 2 is 1.62 bits per heavy atom. The molecule has 0 aliphatic rings. The van der Waals surface area contributed by atoms with Gasteiger partial charge in [-0.2, -0.15) is 0 Å². The molecule has 0 aromatic heterocycles. The predicted molar refractivity (Wildman–Crippen MR) is 89.1 cm³/mol. The Hall–Kier alpha value is -1.79. The van der Waals surface area contributed by atoms with Gasteiger partial charge in [-0.15, -0.1) is 0 Å². The zero-order chi connectivity index (χ0) is 15.8. The number of aryl methyl sites for hydroxylation is 3. The lowest BCUT2D eigenvalue weighted by atomic mass is 9.98. The first-order valence-corrected chi connectivity index (χ1v) is 7.79. The van der Waals surface area contributed by atoms with Gasteiger partial charge in [0.1, 0.15) is 0 Å². The molecule has 0 aliphatic carbocycles. The summed E-state index contributed by atoms with van der Waals surface area (Å²) in [6.07, 6.45) is 1.85. The molecule has 0 unspecified atom stereocenters. The average Bonchev–Trinajstić information content (AvgIpc) is 2.47. The number of carbonyl (C=O) groups is 1. The molecule has 0 bridgehead atoms. The quantitative estimate of drug-likeness (QED) is 0.613. The number of carbonyl (C=O) groups excluding carboxylic acids is 1. The van der Waals surface area contributed by atoms with E-state index in [2.05, 4.69) is 39.8 Å². The molecule has 0 fully saturated rings. The summed E-state index contributed by atoms with van der Waals surface area (Å²) in [6, 6.07) is 11.3. The summed E-state index contributed by atoms with van der Waals surface area (Å²) >= 11 is 0. The summed E-state index contributed by atoms with van der Waals surface area (Å²) in [7, 11) is -0.103. The Morgan fingerprint density at radius 1 is 1.05 bits per heavy atom. The summed E-state index contributed by atoms with van der Waals surface area (Å²) in [6.45, 7) is 8.75. The second kappa shape index (κ2) is 8.49. The van der Waals surface area contributed by atoms with Crippen molar-refractivity contribution in [1.82, 2.24) is 0 Å². The van der Waals surface area contributed by atoms with Crippen LogP contribution in [-0.4, -0.2) is 6.29 Å². The van der Waals surface area contributed by atoms with E-state index in [9.17, 15) is 9.36 Å². The van der Waals surface area contributed by atoms with Crippen LogP contribution in [0.5, 0.6) is 0 Å². The van der Waals surface area contributed by atoms with E-state index in [1.54, 1.807) is 24.3 Å². The number of aldehydes is 1. The van der Waals surface area contributed by atoms with Crippen LogP contribution in [0.25, 0.3) is 0 Å². The van der Waals surface area contributed by atoms with Crippen LogP contribution < -0.4 is 5.30 Å². The van der Waals surface area contributed by atoms with Gasteiger partial charge in [-0.1, -0.05) is 42.8 Å². The van der Waals surface area contributed by atoms with Crippen LogP contribution in [0.2, 0.25) is 0 Å². The fourth-order valence-electron chi connectivity index (χ4n) is 2.44. The standard InChI is InChI=1S/C11H16.C7H5O2P/c1-5-11-9(3)6-8(2)7-10(11)4;8-5-6-3-1-2-4-7(6)10-9/h6-7H,5H2,1-4H3;1-5H. The van der Waals surface area contributed by atoms with E-state index in [0.29, 0.717) is 17.2 Å². The number of hydrogen-bond donors (Lipinski definition) is 0. The van der Waals surface area contributed by atoms with Gasteiger partial charge in [0.15, 0.2) is 14.7 Å². The van der Waals surface area contributed by atoms with E-state index in [-0.39, 0.29) is 8.46 Å². The molecule has 0 radical (unpaired) electrons. The van der Waals surface area contributed by atoms with Crippen LogP contribution in [0.15, 0.2) is 36.4 Å². The molecule has 21 heavy (non-hydrogen) atoms. The molecule has 2 aromatic carbocycles. The molecule has 0 aliphatic heterocycles. The van der Waals surface area contributed by atoms with Gasteiger partial charge in [-0.25, -0.2) is 0 Å². The summed E-state index contributed by atoms with van der Waals surface area (Å²) in [5.41, 5.74) is 6.24. The van der Waals surface area contributed by atoms with Crippen molar-refractivity contribution >= 4 is 20.1 Å². The third-order valence-electron chi connectivity index (χ3n) is 3.36. The highest BCUT2D eigenvalue weighted by molar-refractivity contribution is 7.34. The Kier molecular flexibility index (Phi) is 6.98. The van der Waals surface area contributed by atoms with Crippen LogP contribution >= 0.6 is 8.46 Å². The lowest BCUT2D eigenvalue weighted by Crippen LogP contribution is -1.98. The Labute approximate surface area is 128 Å². The van der Waals surface area contributed by atoms with Gasteiger partial charge in [0.25, 0.3) is 0 Å². The third-order valence-corrected chi connectivity index (χ3v) is 3.96. The summed E-state index contributed by atoms with van der Waals surface area (Å²) in [5.74, 6) is 0. The molecule has 0 atom stereocenters. The van der Waals surface area contributed by atoms with Crippen molar-refractivity contribution in [2.24, 2.45) is 0 Å². The molecule has 2 nitrogen and oxygen atoms in total. The molecule has 0 N–H and O–H groups in total. The predicted octanol–water partition coefficient (Wildman–Crippen LogP) is 4.59. The lowest BCUT2D eigenvalue weighted by molar-refractivity contribution is 0.112. The van der Waals surface area contributed by atoms with Crippen molar-refractivity contribution < 1.29 is 9.36 Å². The van der Waals surface area contributed by atoms with Gasteiger partial charge in [-0.3, -0.25) is 9.36 Å². The average molecular weight is 300 g/mol. The van der Waals surface area contributed by atoms with E-state index >= 15 is 0 Å². The minimum absolute atomic E-state index is 0.103. The Bertz CT molecular complexity index is 583. The maximum Gasteiger partial charge on any atom is 0.193 e. The van der Waals surface area contributed by atoms with Crippen LogP contribution in [0.1, 0.15) is 39.5 Å². The van der Waals surface area contributed by atoms with Gasteiger partial charge < -0.3 is 0 Å². The molecule has 3 heteroatoms. The number of rotatable bonds is 3. The highest BCUT2D eigenvalue weighted by Crippen LogP contribution is 2.16. The molecule has 0 spiro atoms. The summed E-state index contributed by atoms with van der Waals surface area (Å²) in [4.78, 5) is 10.2. The highest BCUT2D eigenvalue weighted by Gasteiger charge is 1.99. The molecule has 2 aromatic rings. The van der Waals surface area contributed by atoms with E-state index in [1.165, 1.54) is 22.3 Å². The molecule has 0 heterocycles. The van der Waals surface area contributed by atoms with Crippen LogP contribution in [-0.2, 0) is 11.0 Å². The lowest BCUT2D eigenvalue weighted by Gasteiger charge is -2.08. The monoisotopic (exact) mass is 300 g/mol. The molecule has 110 valence electrons. The molecule has 0 saturated heterocycles. The minimum atomic E-state index is -0.103. The van der Waals surface area contributed by atoms with Crippen molar-refractivity contribution in [1.29, 1.82) is 0 Å². The van der Waals surface area contributed by atoms with Gasteiger partial charge >= 0.3 is 0 Å². The van der Waals surface area contributed by atoms with E-state index in [4.69, 9.17) is 0 Å². The van der Waals surface area contributed by atoms with Crippen molar-refractivity contribution in [3.8, 4) is 0 Å². The van der Waals surface area contributed by atoms with Crippen molar-refractivity contribution in [2.75, 3.05) is 0 Å². The molecule has 0 saturated carbocycles. The van der Waals surface area contributed by atoms with Crippen LogP contribution in [0.3, 0.4) is 0 Å². The van der Waals surface area contributed by atoms with E-state index in [1.807, 2.05) is 0 Å². The Balaban J connectivity index is 0.000000211. The Morgan fingerprint density at radius 3 is 2.05 bits per heavy atom. The minimum Gasteiger partial charge on any atom is -0.298 e. The van der Waals surface area contributed by atoms with Crippen molar-refractivity contribution in [3.63, 3.8) is 0 Å². The number of hydrogen-bond acceptors (Lipinski definition) is 2. The first kappa shape index (κ1) is 17.3.